The van der Waals surface area contributed by atoms with Crippen molar-refractivity contribution in [2.75, 3.05) is 45.3 Å². The second-order valence-electron chi connectivity index (χ2n) is 15.2. The summed E-state index contributed by atoms with van der Waals surface area (Å²) >= 11 is 1.66. The summed E-state index contributed by atoms with van der Waals surface area (Å²) < 4.78 is 5.47. The van der Waals surface area contributed by atoms with Crippen LogP contribution >= 0.6 is 11.8 Å². The maximum absolute atomic E-state index is 13.7. The van der Waals surface area contributed by atoms with E-state index in [1.54, 1.807) is 11.8 Å². The summed E-state index contributed by atoms with van der Waals surface area (Å²) in [5.74, 6) is 1.14. The van der Waals surface area contributed by atoms with E-state index in [0.717, 1.165) is 45.1 Å². The highest BCUT2D eigenvalue weighted by Crippen LogP contribution is 2.21. The predicted octanol–water partition coefficient (Wildman–Crippen LogP) is 11.0. The molecule has 0 aliphatic carbocycles. The first-order valence-corrected chi connectivity index (χ1v) is 23.0. The van der Waals surface area contributed by atoms with E-state index in [-0.39, 0.29) is 23.7 Å². The van der Waals surface area contributed by atoms with E-state index in [9.17, 15) is 14.4 Å². The lowest BCUT2D eigenvalue weighted by Crippen LogP contribution is -2.49. The zero-order chi connectivity index (χ0) is 37.6. The highest BCUT2D eigenvalue weighted by Gasteiger charge is 2.25. The van der Waals surface area contributed by atoms with Crippen LogP contribution in [0.2, 0.25) is 0 Å². The molecule has 2 atom stereocenters. The van der Waals surface area contributed by atoms with Crippen LogP contribution in [-0.2, 0) is 19.1 Å². The zero-order valence-electron chi connectivity index (χ0n) is 34.5. The molecule has 2 N–H and O–H groups in total. The Balaban J connectivity index is 4.74. The summed E-state index contributed by atoms with van der Waals surface area (Å²) in [5.41, 5.74) is 0. The van der Waals surface area contributed by atoms with E-state index >= 15 is 0 Å². The van der Waals surface area contributed by atoms with Gasteiger partial charge in [-0.25, -0.2) is 0 Å². The number of amides is 2. The third-order valence-corrected chi connectivity index (χ3v) is 11.0. The fraction of sp³-hybridized carbons (Fsp3) is 0.930. The van der Waals surface area contributed by atoms with Crippen LogP contribution in [0.5, 0.6) is 0 Å². The number of unbranched alkanes of at least 4 members (excludes halogenated alkanes) is 21. The molecule has 0 fully saturated rings. The second kappa shape index (κ2) is 38.4. The van der Waals surface area contributed by atoms with E-state index in [2.05, 4.69) is 31.4 Å². The summed E-state index contributed by atoms with van der Waals surface area (Å²) in [5, 5.41) is 6.23. The number of nitrogens with zero attached hydrogens (tertiary/aromatic N) is 1. The van der Waals surface area contributed by atoms with Crippen LogP contribution in [0.3, 0.4) is 0 Å². The molecule has 2 unspecified atom stereocenters. The van der Waals surface area contributed by atoms with E-state index in [1.165, 1.54) is 128 Å². The maximum Gasteiger partial charge on any atom is 0.306 e. The number of likely N-dealkylation sites (N-methyl/N-ethyl adjacent to an activating group) is 1. The number of esters is 1. The van der Waals surface area contributed by atoms with Gasteiger partial charge in [0.15, 0.2) is 0 Å². The van der Waals surface area contributed by atoms with Crippen molar-refractivity contribution < 1.29 is 19.1 Å². The molecule has 0 heterocycles. The number of thioether (sulfide) groups is 1. The van der Waals surface area contributed by atoms with Gasteiger partial charge in [-0.2, -0.15) is 11.8 Å². The minimum Gasteiger partial charge on any atom is -0.466 e. The highest BCUT2D eigenvalue weighted by atomic mass is 32.2. The molecule has 0 aliphatic rings. The number of carbonyl (C=O) groups excluding carboxylic acids is 3. The van der Waals surface area contributed by atoms with Crippen LogP contribution in [0.25, 0.3) is 0 Å². The van der Waals surface area contributed by atoms with Gasteiger partial charge in [-0.3, -0.25) is 14.4 Å². The van der Waals surface area contributed by atoms with Crippen LogP contribution in [0.1, 0.15) is 201 Å². The third kappa shape index (κ3) is 34.3. The summed E-state index contributed by atoms with van der Waals surface area (Å²) in [6, 6.07) is -0.555. The molecule has 0 spiro atoms. The maximum atomic E-state index is 13.7. The van der Waals surface area contributed by atoms with Gasteiger partial charge >= 0.3 is 5.97 Å². The topological polar surface area (TPSA) is 87.7 Å². The Morgan fingerprint density at radius 3 is 1.49 bits per heavy atom. The first kappa shape index (κ1) is 49.7. The lowest BCUT2D eigenvalue weighted by molar-refractivity contribution is -0.143. The van der Waals surface area contributed by atoms with Crippen molar-refractivity contribution in [3.05, 3.63) is 0 Å². The molecule has 0 saturated heterocycles. The molecule has 0 radical (unpaired) electrons. The monoisotopic (exact) mass is 740 g/mol. The first-order valence-electron chi connectivity index (χ1n) is 21.8. The van der Waals surface area contributed by atoms with Gasteiger partial charge in [-0.15, -0.1) is 0 Å². The zero-order valence-corrected chi connectivity index (χ0v) is 35.3. The molecule has 0 saturated carbocycles. The molecular formula is C43H85N3O4S. The smallest absolute Gasteiger partial charge is 0.306 e. The average Bonchev–Trinajstić information content (AvgIpc) is 3.11. The van der Waals surface area contributed by atoms with Gasteiger partial charge in [-0.05, 0) is 45.5 Å². The van der Waals surface area contributed by atoms with Gasteiger partial charge in [0.2, 0.25) is 11.8 Å². The van der Waals surface area contributed by atoms with Gasteiger partial charge in [0.25, 0.3) is 0 Å². The number of hydrogen-bond donors (Lipinski definition) is 2. The fourth-order valence-electron chi connectivity index (χ4n) is 6.49. The molecular weight excluding hydrogens is 655 g/mol. The molecule has 7 nitrogen and oxygen atoms in total. The number of rotatable bonds is 39. The molecule has 0 aromatic rings. The quantitative estimate of drug-likeness (QED) is 0.0482. The average molecular weight is 740 g/mol. The number of carbonyl (C=O) groups is 3. The summed E-state index contributed by atoms with van der Waals surface area (Å²) in [4.78, 5) is 41.3. The van der Waals surface area contributed by atoms with Gasteiger partial charge in [-0.1, -0.05) is 168 Å². The van der Waals surface area contributed by atoms with Gasteiger partial charge in [0.05, 0.1) is 13.0 Å². The molecule has 8 heteroatoms. The third-order valence-electron chi connectivity index (χ3n) is 9.94. The lowest BCUT2D eigenvalue weighted by atomic mass is 9.93. The van der Waals surface area contributed by atoms with Crippen LogP contribution in [0.15, 0.2) is 0 Å². The Kier molecular flexibility index (Phi) is 37.5. The Bertz CT molecular complexity index is 797. The number of ether oxygens (including phenoxy) is 1. The first-order chi connectivity index (χ1) is 24.8. The number of hydrogen-bond acceptors (Lipinski definition) is 6. The van der Waals surface area contributed by atoms with Crippen LogP contribution < -0.4 is 10.6 Å². The van der Waals surface area contributed by atoms with Crippen molar-refractivity contribution in [1.29, 1.82) is 0 Å². The van der Waals surface area contributed by atoms with Crippen molar-refractivity contribution in [3.8, 4) is 0 Å². The van der Waals surface area contributed by atoms with E-state index in [4.69, 9.17) is 4.74 Å². The van der Waals surface area contributed by atoms with Crippen molar-refractivity contribution in [2.24, 2.45) is 5.92 Å². The molecule has 302 valence electrons. The van der Waals surface area contributed by atoms with Crippen molar-refractivity contribution in [2.45, 2.75) is 207 Å². The van der Waals surface area contributed by atoms with Crippen LogP contribution in [0.4, 0.5) is 0 Å². The fourth-order valence-corrected chi connectivity index (χ4v) is 7.41. The Hall–Kier alpha value is -1.28. The highest BCUT2D eigenvalue weighted by molar-refractivity contribution is 7.99. The van der Waals surface area contributed by atoms with E-state index in [1.807, 2.05) is 19.0 Å². The Morgan fingerprint density at radius 2 is 1.02 bits per heavy atom. The van der Waals surface area contributed by atoms with Crippen LogP contribution in [0, 0.1) is 5.92 Å². The number of nitrogens with one attached hydrogen (secondary N) is 2. The minimum atomic E-state index is -0.555. The second-order valence-corrected chi connectivity index (χ2v) is 16.5. The summed E-state index contributed by atoms with van der Waals surface area (Å²) in [6.45, 7) is 8.57. The van der Waals surface area contributed by atoms with Crippen LogP contribution in [-0.4, -0.2) is 74.0 Å². The summed E-state index contributed by atoms with van der Waals surface area (Å²) in [7, 11) is 3.98. The molecule has 0 aliphatic heterocycles. The molecule has 0 bridgehead atoms. The van der Waals surface area contributed by atoms with Gasteiger partial charge < -0.3 is 20.3 Å². The SMILES string of the molecule is CCCCCCCCCCCCOC(=O)CCSCCC(NC(=O)C(CCCCCCCC)CCCCCCCCCC)C(=O)NCCN(C)C. The van der Waals surface area contributed by atoms with Crippen molar-refractivity contribution in [3.63, 3.8) is 0 Å². The predicted molar refractivity (Wildman–Crippen MR) is 222 cm³/mol. The van der Waals surface area contributed by atoms with Crippen molar-refractivity contribution in [1.82, 2.24) is 15.5 Å². The van der Waals surface area contributed by atoms with Crippen molar-refractivity contribution >= 4 is 29.5 Å². The molecule has 2 amide bonds. The largest absolute Gasteiger partial charge is 0.466 e. The summed E-state index contributed by atoms with van der Waals surface area (Å²) in [6.07, 6.45) is 32.7. The van der Waals surface area contributed by atoms with Gasteiger partial charge in [0, 0.05) is 24.8 Å². The lowest BCUT2D eigenvalue weighted by Gasteiger charge is -2.23. The normalized spacial score (nSPS) is 12.6. The molecule has 0 aromatic heterocycles. The Morgan fingerprint density at radius 1 is 0.569 bits per heavy atom. The van der Waals surface area contributed by atoms with Gasteiger partial charge in [0.1, 0.15) is 6.04 Å². The molecule has 0 aromatic carbocycles. The molecule has 0 rings (SSSR count). The van der Waals surface area contributed by atoms with E-state index in [0.29, 0.717) is 37.5 Å². The Labute approximate surface area is 321 Å². The molecule has 51 heavy (non-hydrogen) atoms. The van der Waals surface area contributed by atoms with E-state index < -0.39 is 6.04 Å². The standard InChI is InChI=1S/C43H85N3O4S/c1-6-9-12-15-18-20-21-23-26-29-36-50-41(47)33-38-51-37-32-40(43(49)44-34-35-46(4)5)45-42(48)39(30-27-24-17-14-11-8-3)31-28-25-22-19-16-13-10-7-2/h39-40H,6-38H2,1-5H3,(H,44,49)(H,45,48). The minimum absolute atomic E-state index is 0.0358.